The molecule has 12 heteroatoms. The second-order valence-electron chi connectivity index (χ2n) is 13.5. The van der Waals surface area contributed by atoms with Gasteiger partial charge in [-0.3, -0.25) is 0 Å². The molecule has 4 atom stereocenters. The number of ether oxygens (including phenoxy) is 1. The number of thiophene rings is 1. The van der Waals surface area contributed by atoms with E-state index >= 15 is 0 Å². The minimum absolute atomic E-state index is 0.171. The van der Waals surface area contributed by atoms with Gasteiger partial charge < -0.3 is 24.8 Å². The summed E-state index contributed by atoms with van der Waals surface area (Å²) in [5.74, 6) is 3.07. The second kappa shape index (κ2) is 11.7. The summed E-state index contributed by atoms with van der Waals surface area (Å²) in [4.78, 5) is 16.7. The average Bonchev–Trinajstić information content (AvgIpc) is 3.80. The Morgan fingerprint density at radius 2 is 2.09 bits per heavy atom. The Labute approximate surface area is 267 Å². The molecule has 4 aromatic heterocycles. The summed E-state index contributed by atoms with van der Waals surface area (Å²) in [6.45, 7) is 5.93. The van der Waals surface area contributed by atoms with E-state index in [4.69, 9.17) is 30.1 Å². The van der Waals surface area contributed by atoms with Crippen molar-refractivity contribution < 1.29 is 9.26 Å². The van der Waals surface area contributed by atoms with Crippen LogP contribution in [0.4, 0.5) is 10.8 Å². The summed E-state index contributed by atoms with van der Waals surface area (Å²) in [6.07, 6.45) is 9.99. The third-order valence-electron chi connectivity index (χ3n) is 10.4. The van der Waals surface area contributed by atoms with Gasteiger partial charge in [0.2, 0.25) is 0 Å². The molecule has 0 aliphatic carbocycles. The Hall–Kier alpha value is -3.53. The minimum Gasteiger partial charge on any atom is -0.389 e. The monoisotopic (exact) mass is 627 g/mol. The van der Waals surface area contributed by atoms with E-state index in [1.807, 2.05) is 6.07 Å². The van der Waals surface area contributed by atoms with Gasteiger partial charge in [0.15, 0.2) is 22.9 Å². The number of likely N-dealkylation sites (N-methyl/N-ethyl adjacent to an activating group) is 1. The average molecular weight is 628 g/mol. The van der Waals surface area contributed by atoms with Crippen LogP contribution in [-0.4, -0.2) is 68.6 Å². The van der Waals surface area contributed by atoms with Crippen molar-refractivity contribution in [1.29, 1.82) is 5.26 Å². The van der Waals surface area contributed by atoms with Crippen LogP contribution in [0.25, 0.3) is 22.6 Å². The molecule has 0 spiro atoms. The zero-order valence-corrected chi connectivity index (χ0v) is 27.0. The molecule has 0 radical (unpaired) electrons. The number of nitrogen functional groups attached to an aromatic ring is 1. The molecule has 0 amide bonds. The van der Waals surface area contributed by atoms with Crippen LogP contribution in [-0.2, 0) is 30.5 Å². The third kappa shape index (κ3) is 5.19. The molecule has 4 aliphatic rings. The van der Waals surface area contributed by atoms with Gasteiger partial charge in [0.05, 0.1) is 29.8 Å². The Morgan fingerprint density at radius 1 is 1.18 bits per heavy atom. The summed E-state index contributed by atoms with van der Waals surface area (Å²) in [7, 11) is 2.22. The normalized spacial score (nSPS) is 24.9. The fourth-order valence-corrected chi connectivity index (χ4v) is 8.86. The number of fused-ring (bicyclic) bond motifs is 3. The van der Waals surface area contributed by atoms with E-state index in [1.54, 1.807) is 0 Å². The van der Waals surface area contributed by atoms with Crippen LogP contribution in [0.15, 0.2) is 10.6 Å². The van der Waals surface area contributed by atoms with E-state index in [9.17, 15) is 5.26 Å². The molecule has 3 unspecified atom stereocenters. The number of rotatable bonds is 7. The van der Waals surface area contributed by atoms with Crippen LogP contribution in [0.1, 0.15) is 85.4 Å². The molecule has 0 saturated carbocycles. The van der Waals surface area contributed by atoms with Gasteiger partial charge in [0, 0.05) is 35.5 Å². The Morgan fingerprint density at radius 3 is 2.91 bits per heavy atom. The molecule has 11 nitrogen and oxygen atoms in total. The molecule has 236 valence electrons. The van der Waals surface area contributed by atoms with E-state index in [-0.39, 0.29) is 6.10 Å². The maximum absolute atomic E-state index is 9.25. The number of aromatic nitrogens is 5. The lowest BCUT2D eigenvalue weighted by Gasteiger charge is -2.39. The highest BCUT2D eigenvalue weighted by atomic mass is 32.1. The number of nitrogens with zero attached hydrogens (tertiary/aromatic N) is 8. The molecular weight excluding hydrogens is 586 g/mol. The van der Waals surface area contributed by atoms with E-state index in [1.165, 1.54) is 37.0 Å². The first kappa shape index (κ1) is 28.9. The van der Waals surface area contributed by atoms with Crippen molar-refractivity contribution in [2.75, 3.05) is 37.4 Å². The number of anilines is 2. The lowest BCUT2D eigenvalue weighted by molar-refractivity contribution is 0.0158. The smallest absolute Gasteiger partial charge is 0.186 e. The van der Waals surface area contributed by atoms with Gasteiger partial charge in [-0.1, -0.05) is 12.1 Å². The first-order chi connectivity index (χ1) is 22.0. The van der Waals surface area contributed by atoms with Gasteiger partial charge in [-0.25, -0.2) is 14.6 Å². The summed E-state index contributed by atoms with van der Waals surface area (Å²) in [5, 5.41) is 20.8. The fourth-order valence-electron chi connectivity index (χ4n) is 7.94. The summed E-state index contributed by atoms with van der Waals surface area (Å²) in [5.41, 5.74) is 10.4. The van der Waals surface area contributed by atoms with Crippen molar-refractivity contribution in [1.82, 2.24) is 29.8 Å². The number of hydrogen-bond acceptors (Lipinski definition) is 11. The summed E-state index contributed by atoms with van der Waals surface area (Å²) in [6, 6.07) is 5.01. The topological polar surface area (TPSA) is 135 Å². The Balaban J connectivity index is 1.14. The van der Waals surface area contributed by atoms with Crippen molar-refractivity contribution in [3.63, 3.8) is 0 Å². The predicted molar refractivity (Wildman–Crippen MR) is 173 cm³/mol. The molecule has 8 rings (SSSR count). The zero-order valence-electron chi connectivity index (χ0n) is 26.2. The lowest BCUT2D eigenvalue weighted by Crippen LogP contribution is -2.43. The molecule has 0 aromatic carbocycles. The quantitative estimate of drug-likeness (QED) is 0.288. The van der Waals surface area contributed by atoms with Gasteiger partial charge in [-0.05, 0) is 83.4 Å². The molecule has 2 N–H and O–H groups in total. The van der Waals surface area contributed by atoms with Crippen molar-refractivity contribution >= 4 is 33.2 Å². The van der Waals surface area contributed by atoms with Gasteiger partial charge in [-0.15, -0.1) is 11.3 Å². The Bertz CT molecular complexity index is 1770. The van der Waals surface area contributed by atoms with Crippen molar-refractivity contribution in [2.24, 2.45) is 5.92 Å². The van der Waals surface area contributed by atoms with Gasteiger partial charge in [-0.2, -0.15) is 10.4 Å². The van der Waals surface area contributed by atoms with E-state index in [0.717, 1.165) is 103 Å². The lowest BCUT2D eigenvalue weighted by atomic mass is 9.92. The number of aryl methyl sites for hydroxylation is 2. The summed E-state index contributed by atoms with van der Waals surface area (Å²) < 4.78 is 14.4. The van der Waals surface area contributed by atoms with Gasteiger partial charge in [0.1, 0.15) is 23.0 Å². The maximum atomic E-state index is 9.25. The van der Waals surface area contributed by atoms with E-state index in [0.29, 0.717) is 41.0 Å². The van der Waals surface area contributed by atoms with Crippen LogP contribution in [0, 0.1) is 17.2 Å². The van der Waals surface area contributed by atoms with Crippen LogP contribution in [0.5, 0.6) is 0 Å². The first-order valence-corrected chi connectivity index (χ1v) is 17.4. The minimum atomic E-state index is -0.171. The molecule has 2 fully saturated rings. The maximum Gasteiger partial charge on any atom is 0.186 e. The van der Waals surface area contributed by atoms with E-state index < -0.39 is 0 Å². The van der Waals surface area contributed by atoms with Crippen LogP contribution < -0.4 is 10.6 Å². The number of likely N-dealkylation sites (tertiary alicyclic amines) is 1. The highest BCUT2D eigenvalue weighted by Gasteiger charge is 2.36. The predicted octanol–water partition coefficient (Wildman–Crippen LogP) is 5.28. The molecule has 0 bridgehead atoms. The standard InChI is InChI=1S/C33H41N9O2S/c1-19-8-9-21-10-11-25-27-32(41(21)17-19)36-31(37-33(27)42(38-25)18-22-5-4-13-40(22)2)28-24-12-14-43-26(29(24)44-39-28)7-3-6-23-15-20(16-34)30(35)45-23/h15,19,21-22,26H,3-14,17-18,35H2,1-2H3/t19?,21-,22?,26?/m1/s1. The van der Waals surface area contributed by atoms with Crippen molar-refractivity contribution in [2.45, 2.75) is 95.9 Å². The molecule has 8 heterocycles. The fraction of sp³-hybridized carbons (Fsp3) is 0.606. The molecule has 45 heavy (non-hydrogen) atoms. The molecular formula is C33H41N9O2S. The highest BCUT2D eigenvalue weighted by Crippen LogP contribution is 2.41. The van der Waals surface area contributed by atoms with E-state index in [2.05, 4.69) is 39.7 Å². The van der Waals surface area contributed by atoms with Crippen molar-refractivity contribution in [3.8, 4) is 17.6 Å². The zero-order chi connectivity index (χ0) is 30.7. The number of hydrogen-bond donors (Lipinski definition) is 1. The summed E-state index contributed by atoms with van der Waals surface area (Å²) >= 11 is 1.49. The Kier molecular flexibility index (Phi) is 7.50. The number of piperidine rings is 1. The first-order valence-electron chi connectivity index (χ1n) is 16.6. The second-order valence-corrected chi connectivity index (χ2v) is 14.6. The molecule has 4 aliphatic heterocycles. The van der Waals surface area contributed by atoms with Gasteiger partial charge in [0.25, 0.3) is 0 Å². The number of nitriles is 1. The van der Waals surface area contributed by atoms with Crippen LogP contribution >= 0.6 is 11.3 Å². The van der Waals surface area contributed by atoms with Crippen LogP contribution in [0.3, 0.4) is 0 Å². The SMILES string of the molecule is CC1CC[C@@H]2CCc3nn(CC4CCCN4C)c4nc(-c5noc6c5CCOC6CCCc5cc(C#N)c(N)s5)nc(c34)N2C1. The van der Waals surface area contributed by atoms with Crippen molar-refractivity contribution in [3.05, 3.63) is 33.5 Å². The number of nitrogens with two attached hydrogens (primary N) is 1. The third-order valence-corrected chi connectivity index (χ3v) is 11.5. The van der Waals surface area contributed by atoms with Crippen LogP contribution in [0.2, 0.25) is 0 Å². The highest BCUT2D eigenvalue weighted by molar-refractivity contribution is 7.16. The van der Waals surface area contributed by atoms with Gasteiger partial charge >= 0.3 is 0 Å². The molecule has 2 saturated heterocycles. The molecule has 4 aromatic rings. The largest absolute Gasteiger partial charge is 0.389 e.